The van der Waals surface area contributed by atoms with Crippen molar-refractivity contribution in [3.63, 3.8) is 0 Å². The number of benzene rings is 1. The molecular weight excluding hydrogens is 292 g/mol. The number of hydrogen-bond donors (Lipinski definition) is 2. The van der Waals surface area contributed by atoms with Crippen LogP contribution >= 0.6 is 15.9 Å². The smallest absolute Gasteiger partial charge is 0.134 e. The van der Waals surface area contributed by atoms with E-state index in [9.17, 15) is 0 Å². The summed E-state index contributed by atoms with van der Waals surface area (Å²) in [7, 11) is 0. The highest BCUT2D eigenvalue weighted by Crippen LogP contribution is 2.26. The molecule has 0 aliphatic heterocycles. The normalized spacial score (nSPS) is 13.1. The van der Waals surface area contributed by atoms with E-state index in [4.69, 9.17) is 10.2 Å². The molecule has 0 aliphatic rings. The van der Waals surface area contributed by atoms with Gasteiger partial charge in [0.15, 0.2) is 0 Å². The highest BCUT2D eigenvalue weighted by Gasteiger charge is 2.10. The maximum absolute atomic E-state index is 5.83. The van der Waals surface area contributed by atoms with Crippen LogP contribution in [0.3, 0.4) is 0 Å². The van der Waals surface area contributed by atoms with Gasteiger partial charge in [0.1, 0.15) is 11.3 Å². The summed E-state index contributed by atoms with van der Waals surface area (Å²) in [5, 5.41) is 4.58. The van der Waals surface area contributed by atoms with Gasteiger partial charge in [-0.1, -0.05) is 15.9 Å². The first-order chi connectivity index (χ1) is 8.70. The molecule has 3 nitrogen and oxygen atoms in total. The highest BCUT2D eigenvalue weighted by molar-refractivity contribution is 9.10. The fraction of sp³-hybridized carbons (Fsp3) is 0.429. The van der Waals surface area contributed by atoms with Crippen LogP contribution in [0, 0.1) is 0 Å². The van der Waals surface area contributed by atoms with E-state index in [1.807, 2.05) is 12.1 Å². The number of fused-ring (bicyclic) bond motifs is 1. The van der Waals surface area contributed by atoms with Crippen LogP contribution in [0.2, 0.25) is 0 Å². The first-order valence-electron chi connectivity index (χ1n) is 6.33. The van der Waals surface area contributed by atoms with Crippen molar-refractivity contribution < 1.29 is 4.42 Å². The molecule has 1 atom stereocenters. The van der Waals surface area contributed by atoms with Crippen molar-refractivity contribution >= 4 is 26.9 Å². The lowest BCUT2D eigenvalue weighted by Gasteiger charge is -2.10. The van der Waals surface area contributed by atoms with E-state index in [0.29, 0.717) is 0 Å². The predicted molar refractivity (Wildman–Crippen MR) is 78.6 cm³/mol. The minimum atomic E-state index is 0.231. The van der Waals surface area contributed by atoms with Crippen LogP contribution in [0.5, 0.6) is 0 Å². The van der Waals surface area contributed by atoms with Gasteiger partial charge in [-0.05, 0) is 57.1 Å². The first kappa shape index (κ1) is 13.6. The molecule has 0 radical (unpaired) electrons. The summed E-state index contributed by atoms with van der Waals surface area (Å²) in [6, 6.07) is 8.39. The van der Waals surface area contributed by atoms with E-state index in [-0.39, 0.29) is 6.04 Å². The Labute approximate surface area is 116 Å². The third kappa shape index (κ3) is 3.34. The predicted octanol–water partition coefficient (Wildman–Crippen LogP) is 3.58. The molecule has 1 aromatic carbocycles. The average Bonchev–Trinajstić information content (AvgIpc) is 2.77. The summed E-state index contributed by atoms with van der Waals surface area (Å²) in [6.07, 6.45) is 2.17. The molecule has 1 unspecified atom stereocenters. The van der Waals surface area contributed by atoms with E-state index in [1.165, 1.54) is 0 Å². The van der Waals surface area contributed by atoms with E-state index in [2.05, 4.69) is 40.3 Å². The van der Waals surface area contributed by atoms with Gasteiger partial charge in [-0.25, -0.2) is 0 Å². The summed E-state index contributed by atoms with van der Waals surface area (Å²) in [4.78, 5) is 0. The monoisotopic (exact) mass is 310 g/mol. The number of furan rings is 1. The highest BCUT2D eigenvalue weighted by atomic mass is 79.9. The first-order valence-corrected chi connectivity index (χ1v) is 7.12. The molecule has 0 bridgehead atoms. The molecule has 1 aromatic heterocycles. The summed E-state index contributed by atoms with van der Waals surface area (Å²) in [5.74, 6) is 0.982. The van der Waals surface area contributed by atoms with E-state index < -0.39 is 0 Å². The third-order valence-corrected chi connectivity index (χ3v) is 3.50. The molecule has 0 saturated carbocycles. The lowest BCUT2D eigenvalue weighted by Crippen LogP contribution is -2.20. The minimum absolute atomic E-state index is 0.231. The zero-order chi connectivity index (χ0) is 13.0. The lowest BCUT2D eigenvalue weighted by atomic mass is 10.2. The molecule has 98 valence electrons. The van der Waals surface area contributed by atoms with Crippen molar-refractivity contribution in [2.75, 3.05) is 13.1 Å². The lowest BCUT2D eigenvalue weighted by molar-refractivity contribution is 0.447. The molecule has 0 aliphatic carbocycles. The quantitative estimate of drug-likeness (QED) is 0.802. The van der Waals surface area contributed by atoms with E-state index >= 15 is 0 Å². The van der Waals surface area contributed by atoms with Crippen LogP contribution in [-0.2, 0) is 0 Å². The van der Waals surface area contributed by atoms with Crippen molar-refractivity contribution in [1.29, 1.82) is 0 Å². The Kier molecular flexibility index (Phi) is 4.80. The number of nitrogens with one attached hydrogen (secondary N) is 1. The Bertz CT molecular complexity index is 509. The van der Waals surface area contributed by atoms with Gasteiger partial charge in [-0.2, -0.15) is 0 Å². The van der Waals surface area contributed by atoms with Crippen molar-refractivity contribution in [3.8, 4) is 0 Å². The van der Waals surface area contributed by atoms with E-state index in [1.54, 1.807) is 0 Å². The molecule has 0 fully saturated rings. The van der Waals surface area contributed by atoms with Gasteiger partial charge in [-0.15, -0.1) is 0 Å². The van der Waals surface area contributed by atoms with Crippen LogP contribution in [0.1, 0.15) is 31.6 Å². The van der Waals surface area contributed by atoms with Gasteiger partial charge in [0, 0.05) is 9.86 Å². The van der Waals surface area contributed by atoms with E-state index in [0.717, 1.165) is 47.1 Å². The SMILES string of the molecule is CC(NCCCCN)c1cc2cc(Br)ccc2o1. The largest absolute Gasteiger partial charge is 0.459 e. The molecular formula is C14H19BrN2O. The van der Waals surface area contributed by atoms with Crippen LogP contribution in [0.25, 0.3) is 11.0 Å². The molecule has 0 spiro atoms. The van der Waals surface area contributed by atoms with Gasteiger partial charge >= 0.3 is 0 Å². The Morgan fingerprint density at radius 1 is 1.33 bits per heavy atom. The van der Waals surface area contributed by atoms with Crippen LogP contribution in [-0.4, -0.2) is 13.1 Å². The number of hydrogen-bond acceptors (Lipinski definition) is 3. The molecule has 18 heavy (non-hydrogen) atoms. The third-order valence-electron chi connectivity index (χ3n) is 3.01. The number of nitrogens with two attached hydrogens (primary N) is 1. The molecule has 2 rings (SSSR count). The number of unbranched alkanes of at least 4 members (excludes halogenated alkanes) is 1. The molecule has 1 heterocycles. The second kappa shape index (κ2) is 6.36. The van der Waals surface area contributed by atoms with Crippen molar-refractivity contribution in [3.05, 3.63) is 34.5 Å². The van der Waals surface area contributed by atoms with Gasteiger partial charge in [-0.3, -0.25) is 0 Å². The van der Waals surface area contributed by atoms with Gasteiger partial charge in [0.25, 0.3) is 0 Å². The number of halogens is 1. The Morgan fingerprint density at radius 2 is 2.17 bits per heavy atom. The van der Waals surface area contributed by atoms with Gasteiger partial charge < -0.3 is 15.5 Å². The minimum Gasteiger partial charge on any atom is -0.459 e. The molecule has 3 N–H and O–H groups in total. The van der Waals surface area contributed by atoms with Gasteiger partial charge in [0.05, 0.1) is 6.04 Å². The van der Waals surface area contributed by atoms with Gasteiger partial charge in [0.2, 0.25) is 0 Å². The number of rotatable bonds is 6. The summed E-state index contributed by atoms with van der Waals surface area (Å²) in [6.45, 7) is 3.85. The Balaban J connectivity index is 2.01. The van der Waals surface area contributed by atoms with Crippen LogP contribution in [0.4, 0.5) is 0 Å². The second-order valence-electron chi connectivity index (χ2n) is 4.50. The Hall–Kier alpha value is -0.840. The Morgan fingerprint density at radius 3 is 2.94 bits per heavy atom. The maximum Gasteiger partial charge on any atom is 0.134 e. The fourth-order valence-corrected chi connectivity index (χ4v) is 2.32. The average molecular weight is 311 g/mol. The molecule has 0 amide bonds. The molecule has 0 saturated heterocycles. The second-order valence-corrected chi connectivity index (χ2v) is 5.42. The van der Waals surface area contributed by atoms with Crippen molar-refractivity contribution in [2.24, 2.45) is 5.73 Å². The van der Waals surface area contributed by atoms with Crippen LogP contribution < -0.4 is 11.1 Å². The molecule has 2 aromatic rings. The topological polar surface area (TPSA) is 51.2 Å². The summed E-state index contributed by atoms with van der Waals surface area (Å²) < 4.78 is 6.91. The standard InChI is InChI=1S/C14H19BrN2O/c1-10(17-7-3-2-6-16)14-9-11-8-12(15)4-5-13(11)18-14/h4-5,8-10,17H,2-3,6-7,16H2,1H3. The fourth-order valence-electron chi connectivity index (χ4n) is 1.94. The van der Waals surface area contributed by atoms with Crippen molar-refractivity contribution in [2.45, 2.75) is 25.8 Å². The van der Waals surface area contributed by atoms with Crippen LogP contribution in [0.15, 0.2) is 33.2 Å². The summed E-state index contributed by atoms with van der Waals surface area (Å²) in [5.41, 5.74) is 6.40. The van der Waals surface area contributed by atoms with Crippen molar-refractivity contribution in [1.82, 2.24) is 5.32 Å². The zero-order valence-electron chi connectivity index (χ0n) is 10.6. The maximum atomic E-state index is 5.83. The summed E-state index contributed by atoms with van der Waals surface area (Å²) >= 11 is 3.47. The molecule has 4 heteroatoms. The zero-order valence-corrected chi connectivity index (χ0v) is 12.2.